The van der Waals surface area contributed by atoms with Crippen LogP contribution in [0.3, 0.4) is 0 Å². The molecular formula is C12H17N3O3. The number of anilines is 1. The average Bonchev–Trinajstić information content (AvgIpc) is 2.84. The molecule has 0 aromatic carbocycles. The molecule has 2 rings (SSSR count). The van der Waals surface area contributed by atoms with Crippen molar-refractivity contribution in [1.29, 1.82) is 0 Å². The van der Waals surface area contributed by atoms with E-state index in [1.807, 2.05) is 13.8 Å². The molecule has 2 amide bonds. The van der Waals surface area contributed by atoms with Crippen LogP contribution in [-0.2, 0) is 9.59 Å². The van der Waals surface area contributed by atoms with Gasteiger partial charge in [0.15, 0.2) is 5.82 Å². The van der Waals surface area contributed by atoms with E-state index >= 15 is 0 Å². The van der Waals surface area contributed by atoms with Gasteiger partial charge in [0, 0.05) is 12.1 Å². The lowest BCUT2D eigenvalue weighted by atomic mass is 10.2. The molecule has 1 N–H and O–H groups in total. The van der Waals surface area contributed by atoms with E-state index in [1.54, 1.807) is 13.0 Å². The van der Waals surface area contributed by atoms with Gasteiger partial charge in [-0.2, -0.15) is 0 Å². The summed E-state index contributed by atoms with van der Waals surface area (Å²) in [5.74, 6) is 0.833. The second-order valence-electron chi connectivity index (χ2n) is 4.58. The number of imide groups is 1. The summed E-state index contributed by atoms with van der Waals surface area (Å²) in [7, 11) is 0. The molecular weight excluding hydrogens is 234 g/mol. The maximum Gasteiger partial charge on any atom is 0.252 e. The van der Waals surface area contributed by atoms with Crippen LogP contribution in [0.25, 0.3) is 0 Å². The zero-order valence-corrected chi connectivity index (χ0v) is 10.8. The summed E-state index contributed by atoms with van der Waals surface area (Å²) in [5, 5.41) is 6.69. The predicted molar refractivity (Wildman–Crippen MR) is 64.9 cm³/mol. The second-order valence-corrected chi connectivity index (χ2v) is 4.58. The number of rotatable bonds is 4. The zero-order valence-electron chi connectivity index (χ0n) is 10.8. The number of carbonyl (C=O) groups is 2. The first-order valence-corrected chi connectivity index (χ1v) is 6.08. The minimum atomic E-state index is -0.531. The smallest absolute Gasteiger partial charge is 0.252 e. The molecule has 1 fully saturated rings. The average molecular weight is 251 g/mol. The van der Waals surface area contributed by atoms with E-state index in [0.717, 1.165) is 6.42 Å². The highest BCUT2D eigenvalue weighted by Gasteiger charge is 2.40. The third-order valence-corrected chi connectivity index (χ3v) is 3.16. The summed E-state index contributed by atoms with van der Waals surface area (Å²) in [6, 6.07) is 1.11. The Morgan fingerprint density at radius 1 is 1.61 bits per heavy atom. The SMILES string of the molecule is CCC(C)N1C(=O)CC(Nc2cc(C)on2)C1=O. The van der Waals surface area contributed by atoms with E-state index < -0.39 is 6.04 Å². The number of aryl methyl sites for hydroxylation is 1. The molecule has 0 bridgehead atoms. The van der Waals surface area contributed by atoms with Gasteiger partial charge in [0.25, 0.3) is 5.91 Å². The number of aromatic nitrogens is 1. The van der Waals surface area contributed by atoms with Gasteiger partial charge in [0.05, 0.1) is 6.42 Å². The van der Waals surface area contributed by atoms with Crippen LogP contribution in [0.2, 0.25) is 0 Å². The summed E-state index contributed by atoms with van der Waals surface area (Å²) >= 11 is 0. The van der Waals surface area contributed by atoms with Gasteiger partial charge >= 0.3 is 0 Å². The first kappa shape index (κ1) is 12.6. The van der Waals surface area contributed by atoms with Crippen molar-refractivity contribution in [3.05, 3.63) is 11.8 Å². The minimum absolute atomic E-state index is 0.0594. The van der Waals surface area contributed by atoms with Crippen LogP contribution in [0, 0.1) is 6.92 Å². The van der Waals surface area contributed by atoms with E-state index in [4.69, 9.17) is 4.52 Å². The van der Waals surface area contributed by atoms with E-state index in [1.165, 1.54) is 4.90 Å². The highest BCUT2D eigenvalue weighted by Crippen LogP contribution is 2.21. The summed E-state index contributed by atoms with van der Waals surface area (Å²) in [4.78, 5) is 25.3. The number of likely N-dealkylation sites (tertiary alicyclic amines) is 1. The van der Waals surface area contributed by atoms with Crippen LogP contribution >= 0.6 is 0 Å². The van der Waals surface area contributed by atoms with Crippen LogP contribution in [-0.4, -0.2) is 34.0 Å². The van der Waals surface area contributed by atoms with E-state index in [-0.39, 0.29) is 24.3 Å². The fraction of sp³-hybridized carbons (Fsp3) is 0.583. The summed E-state index contributed by atoms with van der Waals surface area (Å²) in [6.07, 6.45) is 0.933. The molecule has 1 aromatic heterocycles. The zero-order chi connectivity index (χ0) is 13.3. The molecule has 0 aliphatic carbocycles. The highest BCUT2D eigenvalue weighted by molar-refractivity contribution is 6.07. The Balaban J connectivity index is 2.08. The van der Waals surface area contributed by atoms with Gasteiger partial charge in [-0.3, -0.25) is 14.5 Å². The number of nitrogens with zero attached hydrogens (tertiary/aromatic N) is 2. The molecule has 98 valence electrons. The number of carbonyl (C=O) groups excluding carboxylic acids is 2. The molecule has 2 unspecified atom stereocenters. The Kier molecular flexibility index (Phi) is 3.36. The maximum absolute atomic E-state index is 12.1. The standard InChI is InChI=1S/C12H17N3O3/c1-4-7(2)15-11(16)6-9(12(15)17)13-10-5-8(3)18-14-10/h5,7,9H,4,6H2,1-3H3,(H,13,14). The quantitative estimate of drug-likeness (QED) is 0.817. The van der Waals surface area contributed by atoms with Crippen LogP contribution in [0.15, 0.2) is 10.6 Å². The molecule has 1 aromatic rings. The Hall–Kier alpha value is -1.85. The monoisotopic (exact) mass is 251 g/mol. The van der Waals surface area contributed by atoms with Crippen molar-refractivity contribution in [3.63, 3.8) is 0 Å². The summed E-state index contributed by atoms with van der Waals surface area (Å²) < 4.78 is 4.91. The van der Waals surface area contributed by atoms with Crippen LogP contribution in [0.1, 0.15) is 32.4 Å². The molecule has 0 saturated carbocycles. The number of amides is 2. The molecule has 1 saturated heterocycles. The Morgan fingerprint density at radius 2 is 2.33 bits per heavy atom. The van der Waals surface area contributed by atoms with Gasteiger partial charge in [-0.1, -0.05) is 12.1 Å². The fourth-order valence-electron chi connectivity index (χ4n) is 2.02. The minimum Gasteiger partial charge on any atom is -0.360 e. The van der Waals surface area contributed by atoms with Gasteiger partial charge in [0.1, 0.15) is 11.8 Å². The highest BCUT2D eigenvalue weighted by atomic mass is 16.5. The van der Waals surface area contributed by atoms with Crippen molar-refractivity contribution in [1.82, 2.24) is 10.1 Å². The third-order valence-electron chi connectivity index (χ3n) is 3.16. The largest absolute Gasteiger partial charge is 0.360 e. The van der Waals surface area contributed by atoms with Crippen molar-refractivity contribution in [2.45, 2.75) is 45.7 Å². The topological polar surface area (TPSA) is 75.4 Å². The molecule has 2 atom stereocenters. The number of hydrogen-bond acceptors (Lipinski definition) is 5. The lowest BCUT2D eigenvalue weighted by Gasteiger charge is -2.21. The van der Waals surface area contributed by atoms with Gasteiger partial charge in [-0.05, 0) is 20.3 Å². The predicted octanol–water partition coefficient (Wildman–Crippen LogP) is 1.32. The Labute approximate surface area is 105 Å². The van der Waals surface area contributed by atoms with Crippen molar-refractivity contribution >= 4 is 17.6 Å². The van der Waals surface area contributed by atoms with Gasteiger partial charge in [-0.15, -0.1) is 0 Å². The summed E-state index contributed by atoms with van der Waals surface area (Å²) in [6.45, 7) is 5.59. The molecule has 0 spiro atoms. The fourth-order valence-corrected chi connectivity index (χ4v) is 2.02. The van der Waals surface area contributed by atoms with Crippen molar-refractivity contribution < 1.29 is 14.1 Å². The summed E-state index contributed by atoms with van der Waals surface area (Å²) in [5.41, 5.74) is 0. The molecule has 1 aliphatic rings. The molecule has 6 nitrogen and oxygen atoms in total. The lowest BCUT2D eigenvalue weighted by Crippen LogP contribution is -2.40. The van der Waals surface area contributed by atoms with Gasteiger partial charge in [0.2, 0.25) is 5.91 Å². The first-order valence-electron chi connectivity index (χ1n) is 6.08. The molecule has 1 aliphatic heterocycles. The van der Waals surface area contributed by atoms with Gasteiger partial charge < -0.3 is 9.84 Å². The van der Waals surface area contributed by atoms with Crippen LogP contribution < -0.4 is 5.32 Å². The number of nitrogens with one attached hydrogen (secondary N) is 1. The van der Waals surface area contributed by atoms with Crippen molar-refractivity contribution in [2.24, 2.45) is 0 Å². The Bertz CT molecular complexity index is 469. The molecule has 2 heterocycles. The van der Waals surface area contributed by atoms with Crippen LogP contribution in [0.5, 0.6) is 0 Å². The Morgan fingerprint density at radius 3 is 2.89 bits per heavy atom. The number of hydrogen-bond donors (Lipinski definition) is 1. The van der Waals surface area contributed by atoms with Gasteiger partial charge in [-0.25, -0.2) is 0 Å². The van der Waals surface area contributed by atoms with Crippen molar-refractivity contribution in [2.75, 3.05) is 5.32 Å². The first-order chi connectivity index (χ1) is 8.52. The lowest BCUT2D eigenvalue weighted by molar-refractivity contribution is -0.140. The van der Waals surface area contributed by atoms with Crippen LogP contribution in [0.4, 0.5) is 5.82 Å². The third kappa shape index (κ3) is 2.23. The van der Waals surface area contributed by atoms with E-state index in [2.05, 4.69) is 10.5 Å². The van der Waals surface area contributed by atoms with Crippen molar-refractivity contribution in [3.8, 4) is 0 Å². The van der Waals surface area contributed by atoms with E-state index in [9.17, 15) is 9.59 Å². The molecule has 18 heavy (non-hydrogen) atoms. The molecule has 0 radical (unpaired) electrons. The maximum atomic E-state index is 12.1. The normalized spacial score (nSPS) is 21.5. The second kappa shape index (κ2) is 4.80. The van der Waals surface area contributed by atoms with E-state index in [0.29, 0.717) is 11.6 Å². The molecule has 6 heteroatoms.